The Labute approximate surface area is 119 Å². The summed E-state index contributed by atoms with van der Waals surface area (Å²) < 4.78 is 1.75. The van der Waals surface area contributed by atoms with Crippen molar-refractivity contribution in [3.8, 4) is 0 Å². The predicted octanol–water partition coefficient (Wildman–Crippen LogP) is 2.07. The fourth-order valence-corrected chi connectivity index (χ4v) is 1.99. The maximum atomic E-state index is 12.1. The molecule has 20 heavy (non-hydrogen) atoms. The smallest absolute Gasteiger partial charge is 0.317 e. The molecule has 2 rings (SSSR count). The SMILES string of the molecule is Cc1ccccc1CN(C)C(=O)NCc1ccnn1C. The molecule has 106 valence electrons. The highest BCUT2D eigenvalue weighted by atomic mass is 16.2. The summed E-state index contributed by atoms with van der Waals surface area (Å²) in [7, 11) is 3.66. The largest absolute Gasteiger partial charge is 0.332 e. The van der Waals surface area contributed by atoms with E-state index in [0.29, 0.717) is 13.1 Å². The first-order valence-electron chi connectivity index (χ1n) is 6.58. The summed E-state index contributed by atoms with van der Waals surface area (Å²) in [6, 6.07) is 9.89. The van der Waals surface area contributed by atoms with E-state index in [9.17, 15) is 4.79 Å². The van der Waals surface area contributed by atoms with Crippen LogP contribution in [0.25, 0.3) is 0 Å². The molecule has 0 atom stereocenters. The molecule has 0 aliphatic heterocycles. The van der Waals surface area contributed by atoms with Gasteiger partial charge in [-0.1, -0.05) is 24.3 Å². The molecule has 5 heteroatoms. The minimum absolute atomic E-state index is 0.0885. The summed E-state index contributed by atoms with van der Waals surface area (Å²) in [5, 5.41) is 6.96. The lowest BCUT2D eigenvalue weighted by Crippen LogP contribution is -2.36. The lowest BCUT2D eigenvalue weighted by atomic mass is 10.1. The Morgan fingerprint density at radius 2 is 2.10 bits per heavy atom. The molecular formula is C15H20N4O. The van der Waals surface area contributed by atoms with Crippen LogP contribution in [0, 0.1) is 6.92 Å². The molecule has 5 nitrogen and oxygen atoms in total. The van der Waals surface area contributed by atoms with Crippen molar-refractivity contribution in [3.05, 3.63) is 53.3 Å². The first-order valence-corrected chi connectivity index (χ1v) is 6.58. The maximum Gasteiger partial charge on any atom is 0.317 e. The van der Waals surface area contributed by atoms with E-state index in [1.165, 1.54) is 5.56 Å². The number of aromatic nitrogens is 2. The molecule has 1 aromatic carbocycles. The number of aryl methyl sites for hydroxylation is 2. The van der Waals surface area contributed by atoms with Gasteiger partial charge in [0.15, 0.2) is 0 Å². The van der Waals surface area contributed by atoms with Gasteiger partial charge in [0.1, 0.15) is 0 Å². The van der Waals surface area contributed by atoms with Crippen molar-refractivity contribution in [1.29, 1.82) is 0 Å². The van der Waals surface area contributed by atoms with Gasteiger partial charge >= 0.3 is 6.03 Å². The Morgan fingerprint density at radius 3 is 2.75 bits per heavy atom. The van der Waals surface area contributed by atoms with E-state index < -0.39 is 0 Å². The first-order chi connectivity index (χ1) is 9.58. The van der Waals surface area contributed by atoms with Crippen molar-refractivity contribution in [1.82, 2.24) is 20.0 Å². The fraction of sp³-hybridized carbons (Fsp3) is 0.333. The average Bonchev–Trinajstić information content (AvgIpc) is 2.84. The topological polar surface area (TPSA) is 50.2 Å². The van der Waals surface area contributed by atoms with Crippen LogP contribution in [0.15, 0.2) is 36.5 Å². The average molecular weight is 272 g/mol. The van der Waals surface area contributed by atoms with Crippen LogP contribution in [-0.4, -0.2) is 27.8 Å². The molecule has 0 radical (unpaired) electrons. The van der Waals surface area contributed by atoms with E-state index in [2.05, 4.69) is 23.4 Å². The fourth-order valence-electron chi connectivity index (χ4n) is 1.99. The summed E-state index contributed by atoms with van der Waals surface area (Å²) in [6.07, 6.45) is 1.72. The molecule has 0 spiro atoms. The van der Waals surface area contributed by atoms with E-state index in [-0.39, 0.29) is 6.03 Å². The van der Waals surface area contributed by atoms with E-state index in [1.807, 2.05) is 31.3 Å². The lowest BCUT2D eigenvalue weighted by molar-refractivity contribution is 0.206. The summed E-state index contributed by atoms with van der Waals surface area (Å²) in [5.74, 6) is 0. The van der Waals surface area contributed by atoms with Gasteiger partial charge in [0.2, 0.25) is 0 Å². The van der Waals surface area contributed by atoms with Gasteiger partial charge in [-0.05, 0) is 24.1 Å². The third kappa shape index (κ3) is 3.38. The number of hydrogen-bond donors (Lipinski definition) is 1. The zero-order valence-electron chi connectivity index (χ0n) is 12.1. The van der Waals surface area contributed by atoms with E-state index in [1.54, 1.807) is 22.8 Å². The summed E-state index contributed by atoms with van der Waals surface area (Å²) in [5.41, 5.74) is 3.33. The van der Waals surface area contributed by atoms with Crippen LogP contribution in [-0.2, 0) is 20.1 Å². The van der Waals surface area contributed by atoms with Crippen molar-refractivity contribution in [2.24, 2.45) is 7.05 Å². The van der Waals surface area contributed by atoms with Gasteiger partial charge in [0.05, 0.1) is 12.2 Å². The van der Waals surface area contributed by atoms with Gasteiger partial charge in [-0.3, -0.25) is 4.68 Å². The molecule has 0 aliphatic rings. The van der Waals surface area contributed by atoms with Gasteiger partial charge in [-0.15, -0.1) is 0 Å². The Bertz CT molecular complexity index is 591. The molecule has 2 aromatic rings. The quantitative estimate of drug-likeness (QED) is 0.926. The maximum absolute atomic E-state index is 12.1. The van der Waals surface area contributed by atoms with Crippen LogP contribution in [0.4, 0.5) is 4.79 Å². The summed E-state index contributed by atoms with van der Waals surface area (Å²) in [4.78, 5) is 13.7. The second kappa shape index (κ2) is 6.23. The van der Waals surface area contributed by atoms with Crippen LogP contribution < -0.4 is 5.32 Å². The Morgan fingerprint density at radius 1 is 1.35 bits per heavy atom. The Hall–Kier alpha value is -2.30. The van der Waals surface area contributed by atoms with Crippen molar-refractivity contribution in [3.63, 3.8) is 0 Å². The number of carbonyl (C=O) groups excluding carboxylic acids is 1. The Kier molecular flexibility index (Phi) is 4.40. The van der Waals surface area contributed by atoms with Gasteiger partial charge in [0.25, 0.3) is 0 Å². The number of amides is 2. The van der Waals surface area contributed by atoms with Gasteiger partial charge in [-0.2, -0.15) is 5.10 Å². The number of carbonyl (C=O) groups is 1. The van der Waals surface area contributed by atoms with Crippen LogP contribution >= 0.6 is 0 Å². The highest BCUT2D eigenvalue weighted by Gasteiger charge is 2.10. The third-order valence-electron chi connectivity index (χ3n) is 3.36. The van der Waals surface area contributed by atoms with Crippen LogP contribution in [0.3, 0.4) is 0 Å². The zero-order valence-corrected chi connectivity index (χ0v) is 12.1. The minimum atomic E-state index is -0.0885. The molecule has 0 saturated heterocycles. The highest BCUT2D eigenvalue weighted by molar-refractivity contribution is 5.73. The van der Waals surface area contributed by atoms with Gasteiger partial charge in [0, 0.05) is 26.8 Å². The Balaban J connectivity index is 1.89. The summed E-state index contributed by atoms with van der Waals surface area (Å²) >= 11 is 0. The number of nitrogens with zero attached hydrogens (tertiary/aromatic N) is 3. The third-order valence-corrected chi connectivity index (χ3v) is 3.36. The number of urea groups is 1. The predicted molar refractivity (Wildman–Crippen MR) is 78.1 cm³/mol. The van der Waals surface area contributed by atoms with Crippen LogP contribution in [0.5, 0.6) is 0 Å². The van der Waals surface area contributed by atoms with E-state index >= 15 is 0 Å². The summed E-state index contributed by atoms with van der Waals surface area (Å²) in [6.45, 7) is 3.13. The molecule has 1 aromatic heterocycles. The zero-order chi connectivity index (χ0) is 14.5. The second-order valence-electron chi connectivity index (χ2n) is 4.89. The molecule has 0 saturated carbocycles. The standard InChI is InChI=1S/C15H20N4O/c1-12-6-4-5-7-13(12)11-18(2)15(20)16-10-14-8-9-17-19(14)3/h4-9H,10-11H2,1-3H3,(H,16,20). The molecule has 0 aliphatic carbocycles. The molecule has 1 heterocycles. The number of benzene rings is 1. The van der Waals surface area contributed by atoms with Gasteiger partial charge in [-0.25, -0.2) is 4.79 Å². The first kappa shape index (κ1) is 14.1. The molecule has 1 N–H and O–H groups in total. The number of hydrogen-bond acceptors (Lipinski definition) is 2. The second-order valence-corrected chi connectivity index (χ2v) is 4.89. The van der Waals surface area contributed by atoms with Gasteiger partial charge < -0.3 is 10.2 Å². The van der Waals surface area contributed by atoms with Crippen molar-refractivity contribution < 1.29 is 4.79 Å². The van der Waals surface area contributed by atoms with Crippen LogP contribution in [0.1, 0.15) is 16.8 Å². The molecular weight excluding hydrogens is 252 g/mol. The normalized spacial score (nSPS) is 10.3. The number of rotatable bonds is 4. The van der Waals surface area contributed by atoms with Crippen LogP contribution in [0.2, 0.25) is 0 Å². The van der Waals surface area contributed by atoms with E-state index in [0.717, 1.165) is 11.3 Å². The van der Waals surface area contributed by atoms with Crippen molar-refractivity contribution >= 4 is 6.03 Å². The molecule has 0 bridgehead atoms. The lowest BCUT2D eigenvalue weighted by Gasteiger charge is -2.19. The number of nitrogens with one attached hydrogen (secondary N) is 1. The highest BCUT2D eigenvalue weighted by Crippen LogP contribution is 2.09. The van der Waals surface area contributed by atoms with Crippen molar-refractivity contribution in [2.45, 2.75) is 20.0 Å². The monoisotopic (exact) mass is 272 g/mol. The molecule has 0 unspecified atom stereocenters. The minimum Gasteiger partial charge on any atom is -0.332 e. The van der Waals surface area contributed by atoms with Crippen molar-refractivity contribution in [2.75, 3.05) is 7.05 Å². The van der Waals surface area contributed by atoms with E-state index in [4.69, 9.17) is 0 Å². The molecule has 2 amide bonds. The molecule has 0 fully saturated rings.